The van der Waals surface area contributed by atoms with Crippen LogP contribution >= 0.6 is 0 Å². The van der Waals surface area contributed by atoms with Crippen LogP contribution in [0.5, 0.6) is 0 Å². The van der Waals surface area contributed by atoms with Crippen molar-refractivity contribution < 1.29 is 9.59 Å². The molecule has 0 heterocycles. The van der Waals surface area contributed by atoms with Crippen molar-refractivity contribution in [2.75, 3.05) is 13.1 Å². The normalized spacial score (nSPS) is 11.9. The summed E-state index contributed by atoms with van der Waals surface area (Å²) in [6.45, 7) is 2.67. The molecule has 4 N–H and O–H groups in total. The van der Waals surface area contributed by atoms with Crippen LogP contribution in [0.4, 0.5) is 0 Å². The average molecular weight is 201 g/mol. The summed E-state index contributed by atoms with van der Waals surface area (Å²) in [5.74, 6) is -0.155. The van der Waals surface area contributed by atoms with E-state index in [1.165, 1.54) is 0 Å². The second-order valence-electron chi connectivity index (χ2n) is 3.25. The maximum Gasteiger partial charge on any atom is 0.239 e. The van der Waals surface area contributed by atoms with Gasteiger partial charge in [0, 0.05) is 6.04 Å². The Hall–Kier alpha value is -1.10. The van der Waals surface area contributed by atoms with Gasteiger partial charge < -0.3 is 16.4 Å². The maximum atomic E-state index is 11.1. The Morgan fingerprint density at radius 1 is 1.50 bits per heavy atom. The Bertz CT molecular complexity index is 173. The smallest absolute Gasteiger partial charge is 0.239 e. The lowest BCUT2D eigenvalue weighted by Gasteiger charge is -2.12. The molecule has 0 aliphatic heterocycles. The van der Waals surface area contributed by atoms with Crippen LogP contribution in [0.1, 0.15) is 26.2 Å². The molecular weight excluding hydrogens is 182 g/mol. The second-order valence-corrected chi connectivity index (χ2v) is 3.25. The summed E-state index contributed by atoms with van der Waals surface area (Å²) in [4.78, 5) is 21.0. The number of unbranched alkanes of at least 4 members (excludes halogenated alkanes) is 1. The summed E-state index contributed by atoms with van der Waals surface area (Å²) in [6.07, 6.45) is 3.43. The van der Waals surface area contributed by atoms with E-state index >= 15 is 0 Å². The van der Waals surface area contributed by atoms with Crippen LogP contribution < -0.4 is 16.4 Å². The van der Waals surface area contributed by atoms with Gasteiger partial charge in [-0.05, 0) is 26.3 Å². The van der Waals surface area contributed by atoms with Crippen molar-refractivity contribution in [1.82, 2.24) is 10.6 Å². The minimum Gasteiger partial charge on any atom is -0.352 e. The van der Waals surface area contributed by atoms with Crippen molar-refractivity contribution in [2.45, 2.75) is 32.2 Å². The van der Waals surface area contributed by atoms with Crippen LogP contribution in [-0.4, -0.2) is 31.4 Å². The average Bonchev–Trinajstić information content (AvgIpc) is 2.15. The van der Waals surface area contributed by atoms with Gasteiger partial charge >= 0.3 is 0 Å². The topological polar surface area (TPSA) is 84.2 Å². The number of carbonyl (C=O) groups excluding carboxylic acids is 2. The van der Waals surface area contributed by atoms with Crippen LogP contribution in [0.3, 0.4) is 0 Å². The Balaban J connectivity index is 3.44. The molecule has 0 saturated heterocycles. The summed E-state index contributed by atoms with van der Waals surface area (Å²) in [7, 11) is 0. The quantitative estimate of drug-likeness (QED) is 0.361. The van der Waals surface area contributed by atoms with Gasteiger partial charge in [-0.3, -0.25) is 9.59 Å². The molecule has 5 heteroatoms. The number of hydrogen-bond acceptors (Lipinski definition) is 3. The Labute approximate surface area is 84.4 Å². The zero-order chi connectivity index (χ0) is 10.8. The van der Waals surface area contributed by atoms with E-state index < -0.39 is 0 Å². The number of rotatable bonds is 8. The highest BCUT2D eigenvalue weighted by molar-refractivity contribution is 5.79. The molecule has 14 heavy (non-hydrogen) atoms. The highest BCUT2D eigenvalue weighted by atomic mass is 16.2. The molecule has 0 aromatic rings. The zero-order valence-electron chi connectivity index (χ0n) is 8.58. The van der Waals surface area contributed by atoms with Crippen molar-refractivity contribution >= 4 is 12.3 Å². The minimum atomic E-state index is -0.155. The summed E-state index contributed by atoms with van der Waals surface area (Å²) in [6, 6.07) is 0.141. The number of hydrogen-bond donors (Lipinski definition) is 3. The third-order valence-corrected chi connectivity index (χ3v) is 1.84. The van der Waals surface area contributed by atoms with Gasteiger partial charge in [0.25, 0.3) is 0 Å². The molecule has 0 aromatic heterocycles. The predicted molar refractivity (Wildman–Crippen MR) is 54.6 cm³/mol. The first-order valence-corrected chi connectivity index (χ1v) is 4.87. The third-order valence-electron chi connectivity index (χ3n) is 1.84. The molecule has 82 valence electrons. The standard InChI is InChI=1S/C9H19N3O2/c1-8(4-2-3-5-10)12-9(14)6-11-7-13/h7-8H,2-6,10H2,1H3,(H,11,13)(H,12,14). The second kappa shape index (κ2) is 8.50. The molecule has 0 rings (SSSR count). The van der Waals surface area contributed by atoms with E-state index in [1.54, 1.807) is 0 Å². The van der Waals surface area contributed by atoms with Crippen molar-refractivity contribution in [1.29, 1.82) is 0 Å². The Morgan fingerprint density at radius 2 is 2.21 bits per heavy atom. The van der Waals surface area contributed by atoms with Gasteiger partial charge in [0.15, 0.2) is 0 Å². The molecule has 0 spiro atoms. The van der Waals surface area contributed by atoms with Gasteiger partial charge in [-0.25, -0.2) is 0 Å². The first-order valence-electron chi connectivity index (χ1n) is 4.87. The van der Waals surface area contributed by atoms with E-state index in [4.69, 9.17) is 5.73 Å². The molecule has 1 atom stereocenters. The molecule has 0 aromatic carbocycles. The lowest BCUT2D eigenvalue weighted by Crippen LogP contribution is -2.38. The molecule has 0 aliphatic carbocycles. The summed E-state index contributed by atoms with van der Waals surface area (Å²) < 4.78 is 0. The number of carbonyl (C=O) groups is 2. The molecule has 0 saturated carbocycles. The number of nitrogens with one attached hydrogen (secondary N) is 2. The molecular formula is C9H19N3O2. The molecule has 5 nitrogen and oxygen atoms in total. The summed E-state index contributed by atoms with van der Waals surface area (Å²) in [5, 5.41) is 5.08. The van der Waals surface area contributed by atoms with Crippen LogP contribution in [0.25, 0.3) is 0 Å². The molecule has 0 radical (unpaired) electrons. The van der Waals surface area contributed by atoms with Crippen molar-refractivity contribution in [2.24, 2.45) is 5.73 Å². The predicted octanol–water partition coefficient (Wildman–Crippen LogP) is -0.634. The van der Waals surface area contributed by atoms with Crippen LogP contribution in [0.2, 0.25) is 0 Å². The fourth-order valence-corrected chi connectivity index (χ4v) is 1.13. The number of amides is 2. The van der Waals surface area contributed by atoms with Gasteiger partial charge in [0.05, 0.1) is 6.54 Å². The van der Waals surface area contributed by atoms with E-state index in [2.05, 4.69) is 10.6 Å². The molecule has 2 amide bonds. The van der Waals surface area contributed by atoms with Gasteiger partial charge in [-0.15, -0.1) is 0 Å². The zero-order valence-corrected chi connectivity index (χ0v) is 8.58. The van der Waals surface area contributed by atoms with Crippen LogP contribution in [-0.2, 0) is 9.59 Å². The van der Waals surface area contributed by atoms with Crippen LogP contribution in [0, 0.1) is 0 Å². The lowest BCUT2D eigenvalue weighted by atomic mass is 10.1. The molecule has 0 aliphatic rings. The highest BCUT2D eigenvalue weighted by Gasteiger charge is 2.05. The highest BCUT2D eigenvalue weighted by Crippen LogP contribution is 1.98. The molecule has 0 fully saturated rings. The van der Waals surface area contributed by atoms with E-state index in [0.717, 1.165) is 19.3 Å². The van der Waals surface area contributed by atoms with E-state index in [9.17, 15) is 9.59 Å². The van der Waals surface area contributed by atoms with E-state index in [0.29, 0.717) is 13.0 Å². The van der Waals surface area contributed by atoms with Crippen molar-refractivity contribution in [3.05, 3.63) is 0 Å². The molecule has 1 unspecified atom stereocenters. The largest absolute Gasteiger partial charge is 0.352 e. The summed E-state index contributed by atoms with van der Waals surface area (Å²) >= 11 is 0. The van der Waals surface area contributed by atoms with E-state index in [-0.39, 0.29) is 18.5 Å². The third kappa shape index (κ3) is 7.54. The fourth-order valence-electron chi connectivity index (χ4n) is 1.13. The van der Waals surface area contributed by atoms with Gasteiger partial charge in [0.1, 0.15) is 0 Å². The molecule has 0 bridgehead atoms. The van der Waals surface area contributed by atoms with E-state index in [1.807, 2.05) is 6.92 Å². The minimum absolute atomic E-state index is 0.0464. The van der Waals surface area contributed by atoms with Crippen molar-refractivity contribution in [3.8, 4) is 0 Å². The number of nitrogens with two attached hydrogens (primary N) is 1. The Kier molecular flexibility index (Phi) is 7.83. The lowest BCUT2D eigenvalue weighted by molar-refractivity contribution is -0.122. The fraction of sp³-hybridized carbons (Fsp3) is 0.778. The van der Waals surface area contributed by atoms with Crippen molar-refractivity contribution in [3.63, 3.8) is 0 Å². The summed E-state index contributed by atoms with van der Waals surface area (Å²) in [5.41, 5.74) is 5.35. The Morgan fingerprint density at radius 3 is 2.79 bits per heavy atom. The van der Waals surface area contributed by atoms with Gasteiger partial charge in [-0.1, -0.05) is 6.42 Å². The maximum absolute atomic E-state index is 11.1. The van der Waals surface area contributed by atoms with Gasteiger partial charge in [0.2, 0.25) is 12.3 Å². The first kappa shape index (κ1) is 12.9. The monoisotopic (exact) mass is 201 g/mol. The SMILES string of the molecule is CC(CCCCN)NC(=O)CNC=O. The van der Waals surface area contributed by atoms with Crippen LogP contribution in [0.15, 0.2) is 0 Å². The van der Waals surface area contributed by atoms with Gasteiger partial charge in [-0.2, -0.15) is 0 Å². The first-order chi connectivity index (χ1) is 6.70.